The predicted molar refractivity (Wildman–Crippen MR) is 73.1 cm³/mol. The number of carboxylic acids is 1. The average molecular weight is 260 g/mol. The zero-order valence-corrected chi connectivity index (χ0v) is 10.8. The molecule has 4 N–H and O–H groups in total. The molecular weight excluding hydrogens is 244 g/mol. The minimum absolute atomic E-state index is 0.168. The number of aromatic nitrogens is 2. The number of carboxylic acid groups (broad SMARTS) is 1. The molecule has 0 aliphatic heterocycles. The second-order valence-corrected chi connectivity index (χ2v) is 4.31. The van der Waals surface area contributed by atoms with Crippen molar-refractivity contribution in [2.45, 2.75) is 13.5 Å². The van der Waals surface area contributed by atoms with Crippen LogP contribution in [-0.4, -0.2) is 20.9 Å². The van der Waals surface area contributed by atoms with E-state index >= 15 is 0 Å². The van der Waals surface area contributed by atoms with Crippen molar-refractivity contribution in [1.82, 2.24) is 9.78 Å². The Labute approximate surface area is 110 Å². The molecule has 0 spiro atoms. The van der Waals surface area contributed by atoms with Gasteiger partial charge in [-0.1, -0.05) is 6.07 Å². The summed E-state index contributed by atoms with van der Waals surface area (Å²) >= 11 is 0. The number of hydrogen-bond acceptors (Lipinski definition) is 4. The van der Waals surface area contributed by atoms with Gasteiger partial charge in [0.05, 0.1) is 23.1 Å². The van der Waals surface area contributed by atoms with E-state index in [0.29, 0.717) is 17.9 Å². The fourth-order valence-corrected chi connectivity index (χ4v) is 1.85. The first-order valence-electron chi connectivity index (χ1n) is 5.84. The predicted octanol–water partition coefficient (Wildman–Crippen LogP) is 1.62. The van der Waals surface area contributed by atoms with Crippen molar-refractivity contribution in [3.05, 3.63) is 41.2 Å². The number of nitrogens with zero attached hydrogens (tertiary/aromatic N) is 2. The van der Waals surface area contributed by atoms with Crippen LogP contribution < -0.4 is 11.1 Å². The highest BCUT2D eigenvalue weighted by Crippen LogP contribution is 2.24. The van der Waals surface area contributed by atoms with Crippen molar-refractivity contribution in [2.24, 2.45) is 7.05 Å². The van der Waals surface area contributed by atoms with Crippen LogP contribution in [-0.2, 0) is 13.6 Å². The number of nitrogens with one attached hydrogen (secondary N) is 1. The number of carbonyl (C=O) groups is 1. The molecular formula is C13H16N4O2. The minimum atomic E-state index is -1.00. The summed E-state index contributed by atoms with van der Waals surface area (Å²) in [6.07, 6.45) is 1.75. The van der Waals surface area contributed by atoms with Crippen molar-refractivity contribution < 1.29 is 9.90 Å². The van der Waals surface area contributed by atoms with Gasteiger partial charge in [-0.05, 0) is 19.1 Å². The lowest BCUT2D eigenvalue weighted by Gasteiger charge is -2.12. The Balaban J connectivity index is 2.24. The molecule has 19 heavy (non-hydrogen) atoms. The number of benzene rings is 1. The molecule has 6 nitrogen and oxygen atoms in total. The van der Waals surface area contributed by atoms with Crippen molar-refractivity contribution in [2.75, 3.05) is 11.1 Å². The molecule has 0 unspecified atom stereocenters. The molecule has 100 valence electrons. The summed E-state index contributed by atoms with van der Waals surface area (Å²) in [5, 5.41) is 16.3. The average Bonchev–Trinajstić information content (AvgIpc) is 2.68. The molecule has 0 fully saturated rings. The van der Waals surface area contributed by atoms with Gasteiger partial charge < -0.3 is 16.2 Å². The first kappa shape index (κ1) is 12.9. The highest BCUT2D eigenvalue weighted by molar-refractivity contribution is 5.97. The molecule has 0 aliphatic rings. The topological polar surface area (TPSA) is 93.2 Å². The van der Waals surface area contributed by atoms with E-state index in [9.17, 15) is 4.79 Å². The maximum absolute atomic E-state index is 11.1. The number of anilines is 2. The number of hydrogen-bond donors (Lipinski definition) is 3. The summed E-state index contributed by atoms with van der Waals surface area (Å²) in [4.78, 5) is 11.1. The van der Waals surface area contributed by atoms with Gasteiger partial charge >= 0.3 is 5.97 Å². The highest BCUT2D eigenvalue weighted by Gasteiger charge is 2.13. The first-order valence-corrected chi connectivity index (χ1v) is 5.84. The number of para-hydroxylation sites is 1. The quantitative estimate of drug-likeness (QED) is 0.726. The molecule has 0 atom stereocenters. The van der Waals surface area contributed by atoms with Crippen molar-refractivity contribution in [3.8, 4) is 0 Å². The lowest BCUT2D eigenvalue weighted by atomic mass is 10.1. The number of rotatable bonds is 4. The largest absolute Gasteiger partial charge is 0.478 e. The van der Waals surface area contributed by atoms with E-state index in [1.807, 2.05) is 14.0 Å². The van der Waals surface area contributed by atoms with Gasteiger partial charge in [-0.3, -0.25) is 4.68 Å². The van der Waals surface area contributed by atoms with Crippen LogP contribution in [0.4, 0.5) is 11.4 Å². The van der Waals surface area contributed by atoms with E-state index in [4.69, 9.17) is 10.8 Å². The van der Waals surface area contributed by atoms with Crippen LogP contribution in [0.3, 0.4) is 0 Å². The molecule has 1 heterocycles. The molecule has 0 amide bonds. The van der Waals surface area contributed by atoms with Crippen LogP contribution in [0.2, 0.25) is 0 Å². The summed E-state index contributed by atoms with van der Waals surface area (Å²) < 4.78 is 1.77. The molecule has 0 saturated heterocycles. The SMILES string of the molecule is Cc1c(CNc2c(N)cccc2C(=O)O)cnn1C. The zero-order valence-electron chi connectivity index (χ0n) is 10.8. The fourth-order valence-electron chi connectivity index (χ4n) is 1.85. The summed E-state index contributed by atoms with van der Waals surface area (Å²) in [5.41, 5.74) is 8.88. The van der Waals surface area contributed by atoms with Crippen LogP contribution in [0.1, 0.15) is 21.6 Å². The van der Waals surface area contributed by atoms with Gasteiger partial charge in [-0.25, -0.2) is 4.79 Å². The van der Waals surface area contributed by atoms with Gasteiger partial charge in [-0.2, -0.15) is 5.10 Å². The molecule has 0 radical (unpaired) electrons. The number of nitrogen functional groups attached to an aromatic ring is 1. The molecule has 0 aliphatic carbocycles. The smallest absolute Gasteiger partial charge is 0.337 e. The van der Waals surface area contributed by atoms with E-state index in [1.165, 1.54) is 6.07 Å². The fraction of sp³-hybridized carbons (Fsp3) is 0.231. The third-order valence-corrected chi connectivity index (χ3v) is 3.12. The highest BCUT2D eigenvalue weighted by atomic mass is 16.4. The Morgan fingerprint density at radius 2 is 2.26 bits per heavy atom. The second kappa shape index (κ2) is 5.01. The third kappa shape index (κ3) is 2.52. The number of aryl methyl sites for hydroxylation is 1. The molecule has 2 aromatic rings. The van der Waals surface area contributed by atoms with E-state index in [2.05, 4.69) is 10.4 Å². The maximum atomic E-state index is 11.1. The first-order chi connectivity index (χ1) is 9.00. The molecule has 1 aromatic heterocycles. The summed E-state index contributed by atoms with van der Waals surface area (Å²) in [5.74, 6) is -1.00. The maximum Gasteiger partial charge on any atom is 0.337 e. The Morgan fingerprint density at radius 3 is 2.84 bits per heavy atom. The molecule has 6 heteroatoms. The summed E-state index contributed by atoms with van der Waals surface area (Å²) in [6, 6.07) is 4.82. The number of aromatic carboxylic acids is 1. The number of nitrogens with two attached hydrogens (primary N) is 1. The van der Waals surface area contributed by atoms with Gasteiger partial charge in [0.15, 0.2) is 0 Å². The van der Waals surface area contributed by atoms with Crippen LogP contribution in [0.25, 0.3) is 0 Å². The molecule has 0 saturated carbocycles. The van der Waals surface area contributed by atoms with Crippen molar-refractivity contribution in [3.63, 3.8) is 0 Å². The minimum Gasteiger partial charge on any atom is -0.478 e. The lowest BCUT2D eigenvalue weighted by Crippen LogP contribution is -2.09. The second-order valence-electron chi connectivity index (χ2n) is 4.31. The van der Waals surface area contributed by atoms with Crippen LogP contribution in [0.15, 0.2) is 24.4 Å². The molecule has 2 rings (SSSR count). The Bertz CT molecular complexity index is 619. The van der Waals surface area contributed by atoms with Crippen molar-refractivity contribution >= 4 is 17.3 Å². The normalized spacial score (nSPS) is 10.4. The molecule has 1 aromatic carbocycles. The van der Waals surface area contributed by atoms with Gasteiger partial charge in [0, 0.05) is 24.8 Å². The van der Waals surface area contributed by atoms with E-state index in [0.717, 1.165) is 11.3 Å². The van der Waals surface area contributed by atoms with E-state index < -0.39 is 5.97 Å². The third-order valence-electron chi connectivity index (χ3n) is 3.12. The van der Waals surface area contributed by atoms with E-state index in [1.54, 1.807) is 23.0 Å². The van der Waals surface area contributed by atoms with Crippen molar-refractivity contribution in [1.29, 1.82) is 0 Å². The summed E-state index contributed by atoms with van der Waals surface area (Å²) in [6.45, 7) is 2.44. The van der Waals surface area contributed by atoms with E-state index in [-0.39, 0.29) is 5.56 Å². The van der Waals surface area contributed by atoms with Crippen LogP contribution in [0.5, 0.6) is 0 Å². The Hall–Kier alpha value is -2.50. The Morgan fingerprint density at radius 1 is 1.53 bits per heavy atom. The van der Waals surface area contributed by atoms with Gasteiger partial charge in [-0.15, -0.1) is 0 Å². The van der Waals surface area contributed by atoms with Gasteiger partial charge in [0.2, 0.25) is 0 Å². The monoisotopic (exact) mass is 260 g/mol. The van der Waals surface area contributed by atoms with Gasteiger partial charge in [0.25, 0.3) is 0 Å². The van der Waals surface area contributed by atoms with Crippen LogP contribution in [0, 0.1) is 6.92 Å². The zero-order chi connectivity index (χ0) is 14.0. The van der Waals surface area contributed by atoms with Gasteiger partial charge in [0.1, 0.15) is 0 Å². The van der Waals surface area contributed by atoms with Crippen LogP contribution >= 0.6 is 0 Å². The molecule has 0 bridgehead atoms. The lowest BCUT2D eigenvalue weighted by molar-refractivity contribution is 0.0698. The Kier molecular flexibility index (Phi) is 3.41. The standard InChI is InChI=1S/C13H16N4O2/c1-8-9(7-16-17(8)2)6-15-12-10(13(18)19)4-3-5-11(12)14/h3-5,7,15H,6,14H2,1-2H3,(H,18,19). The summed E-state index contributed by atoms with van der Waals surface area (Å²) in [7, 11) is 1.86.